The van der Waals surface area contributed by atoms with Crippen molar-refractivity contribution in [2.24, 2.45) is 11.8 Å². The van der Waals surface area contributed by atoms with E-state index in [9.17, 15) is 35.7 Å². The van der Waals surface area contributed by atoms with Crippen LogP contribution in [0, 0.1) is 11.8 Å². The van der Waals surface area contributed by atoms with Gasteiger partial charge in [-0.05, 0) is 47.6 Å². The highest BCUT2D eigenvalue weighted by Gasteiger charge is 2.46. The second kappa shape index (κ2) is 12.9. The summed E-state index contributed by atoms with van der Waals surface area (Å²) in [6, 6.07) is 4.89. The lowest BCUT2D eigenvalue weighted by Gasteiger charge is -2.42. The minimum atomic E-state index is -1.60. The predicted octanol–water partition coefficient (Wildman–Crippen LogP) is -0.139. The summed E-state index contributed by atoms with van der Waals surface area (Å²) in [5.74, 6) is -1.45. The average molecular weight is 583 g/mol. The van der Waals surface area contributed by atoms with Crippen LogP contribution in [0.1, 0.15) is 22.6 Å². The number of methoxy groups -OCH3 is 4. The van der Waals surface area contributed by atoms with E-state index in [2.05, 4.69) is 0 Å². The third-order valence-corrected chi connectivity index (χ3v) is 7.99. The summed E-state index contributed by atoms with van der Waals surface area (Å²) >= 11 is 0. The zero-order valence-electron chi connectivity index (χ0n) is 23.3. The van der Waals surface area contributed by atoms with Gasteiger partial charge in [-0.1, -0.05) is 0 Å². The molecular formula is C28H38O13. The fourth-order valence-electron chi connectivity index (χ4n) is 5.85. The molecule has 0 spiro atoms. The van der Waals surface area contributed by atoms with Gasteiger partial charge >= 0.3 is 0 Å². The number of aromatic hydroxyl groups is 2. The van der Waals surface area contributed by atoms with Crippen molar-refractivity contribution < 1.29 is 64.2 Å². The Balaban J connectivity index is 1.80. The van der Waals surface area contributed by atoms with E-state index in [1.807, 2.05) is 0 Å². The lowest BCUT2D eigenvalue weighted by molar-refractivity contribution is -0.304. The Hall–Kier alpha value is -3.04. The summed E-state index contributed by atoms with van der Waals surface area (Å²) in [5, 5.41) is 72.5. The van der Waals surface area contributed by atoms with Gasteiger partial charge in [0.25, 0.3) is 0 Å². The molecule has 0 amide bonds. The monoisotopic (exact) mass is 582 g/mol. The van der Waals surface area contributed by atoms with E-state index >= 15 is 0 Å². The molecule has 13 heteroatoms. The molecule has 0 radical (unpaired) electrons. The molecule has 0 unspecified atom stereocenters. The fourth-order valence-corrected chi connectivity index (χ4v) is 5.85. The van der Waals surface area contributed by atoms with Crippen LogP contribution < -0.4 is 18.9 Å². The van der Waals surface area contributed by atoms with Gasteiger partial charge in [0.2, 0.25) is 11.5 Å². The third-order valence-electron chi connectivity index (χ3n) is 7.99. The molecular weight excluding hydrogens is 544 g/mol. The van der Waals surface area contributed by atoms with Crippen molar-refractivity contribution in [3.8, 4) is 34.5 Å². The molecule has 2 aliphatic rings. The molecule has 13 nitrogen and oxygen atoms in total. The van der Waals surface area contributed by atoms with Gasteiger partial charge in [0.05, 0.1) is 41.7 Å². The number of fused-ring (bicyclic) bond motifs is 1. The Labute approximate surface area is 237 Å². The number of ether oxygens (including phenoxy) is 6. The number of benzene rings is 2. The van der Waals surface area contributed by atoms with Crippen molar-refractivity contribution in [1.29, 1.82) is 0 Å². The SMILES string of the molecule is COc1cc([C@@H]2c3c(cc(OC)c(O)c3OC)C[C@@H](CO[C@H]3O[C@H](CO)[C@@H](O)[C@H](O)[C@H]3O)[C@@H]2CO)cc(OC)c1O. The molecule has 41 heavy (non-hydrogen) atoms. The van der Waals surface area contributed by atoms with Crippen LogP contribution in [-0.2, 0) is 15.9 Å². The van der Waals surface area contributed by atoms with Gasteiger partial charge in [-0.3, -0.25) is 0 Å². The quantitative estimate of drug-likeness (QED) is 0.196. The standard InChI is InChI=1S/C28H38O13/c1-36-16-7-13(8-17(37-2)22(16)31)20-15(9-29)14(5-12-6-18(38-3)24(33)27(39-4)21(12)20)11-40-28-26(35)25(34)23(32)19(10-30)41-28/h6-8,14-15,19-20,23,25-26,28-35H,5,9-11H2,1-4H3/t14-,15-,19+,20-,23+,25-,26+,28-/m0/s1. The van der Waals surface area contributed by atoms with Crippen molar-refractivity contribution >= 4 is 0 Å². The first-order chi connectivity index (χ1) is 19.6. The number of hydrogen-bond donors (Lipinski definition) is 7. The summed E-state index contributed by atoms with van der Waals surface area (Å²) in [7, 11) is 5.61. The van der Waals surface area contributed by atoms with Crippen LogP contribution in [0.5, 0.6) is 34.5 Å². The first-order valence-electron chi connectivity index (χ1n) is 13.1. The zero-order chi connectivity index (χ0) is 30.0. The van der Waals surface area contributed by atoms with Crippen LogP contribution in [0.15, 0.2) is 18.2 Å². The number of hydrogen-bond acceptors (Lipinski definition) is 13. The molecule has 4 rings (SSSR count). The maximum atomic E-state index is 10.9. The highest BCUT2D eigenvalue weighted by Crippen LogP contribution is 2.54. The molecule has 1 saturated heterocycles. The minimum Gasteiger partial charge on any atom is -0.502 e. The number of aliphatic hydroxyl groups excluding tert-OH is 5. The lowest BCUT2D eigenvalue weighted by Crippen LogP contribution is -2.59. The van der Waals surface area contributed by atoms with Gasteiger partial charge in [-0.25, -0.2) is 0 Å². The molecule has 0 bridgehead atoms. The minimum absolute atomic E-state index is 0.0677. The Kier molecular flexibility index (Phi) is 9.70. The van der Waals surface area contributed by atoms with Crippen LogP contribution in [0.3, 0.4) is 0 Å². The summed E-state index contributed by atoms with van der Waals surface area (Å²) in [6.07, 6.45) is -6.89. The number of phenolic OH excluding ortho intramolecular Hbond substituents is 2. The topological polar surface area (TPSA) is 197 Å². The Morgan fingerprint density at radius 2 is 1.39 bits per heavy atom. The highest BCUT2D eigenvalue weighted by molar-refractivity contribution is 5.64. The second-order valence-corrected chi connectivity index (χ2v) is 10.1. The van der Waals surface area contributed by atoms with Crippen molar-refractivity contribution in [1.82, 2.24) is 0 Å². The first-order valence-corrected chi connectivity index (χ1v) is 13.1. The molecule has 7 N–H and O–H groups in total. The van der Waals surface area contributed by atoms with Crippen LogP contribution >= 0.6 is 0 Å². The van der Waals surface area contributed by atoms with Crippen molar-refractivity contribution in [3.63, 3.8) is 0 Å². The molecule has 0 saturated carbocycles. The summed E-state index contributed by atoms with van der Waals surface area (Å²) < 4.78 is 33.2. The predicted molar refractivity (Wildman–Crippen MR) is 142 cm³/mol. The number of phenols is 2. The third kappa shape index (κ3) is 5.58. The molecule has 2 aromatic rings. The fraction of sp³-hybridized carbons (Fsp3) is 0.571. The smallest absolute Gasteiger partial charge is 0.201 e. The van der Waals surface area contributed by atoms with E-state index in [1.54, 1.807) is 18.2 Å². The van der Waals surface area contributed by atoms with Crippen LogP contribution in [-0.4, -0.2) is 115 Å². The molecule has 8 atom stereocenters. The molecule has 1 heterocycles. The first kappa shape index (κ1) is 30.9. The zero-order valence-corrected chi connectivity index (χ0v) is 23.3. The summed E-state index contributed by atoms with van der Waals surface area (Å²) in [4.78, 5) is 0. The van der Waals surface area contributed by atoms with Crippen LogP contribution in [0.2, 0.25) is 0 Å². The van der Waals surface area contributed by atoms with Gasteiger partial charge < -0.3 is 64.2 Å². The largest absolute Gasteiger partial charge is 0.502 e. The molecule has 0 aromatic heterocycles. The molecule has 1 fully saturated rings. The summed E-state index contributed by atoms with van der Waals surface area (Å²) in [6.45, 7) is -1.01. The number of rotatable bonds is 10. The maximum absolute atomic E-state index is 10.9. The van der Waals surface area contributed by atoms with Crippen molar-refractivity contribution in [3.05, 3.63) is 34.9 Å². The van der Waals surface area contributed by atoms with Gasteiger partial charge in [-0.15, -0.1) is 0 Å². The summed E-state index contributed by atoms with van der Waals surface area (Å²) in [5.41, 5.74) is 1.89. The van der Waals surface area contributed by atoms with Gasteiger partial charge in [-0.2, -0.15) is 0 Å². The number of aliphatic hydroxyl groups is 5. The highest BCUT2D eigenvalue weighted by atomic mass is 16.7. The van der Waals surface area contributed by atoms with E-state index in [0.29, 0.717) is 17.5 Å². The second-order valence-electron chi connectivity index (χ2n) is 10.1. The van der Waals surface area contributed by atoms with Gasteiger partial charge in [0.1, 0.15) is 24.4 Å². The van der Waals surface area contributed by atoms with Crippen molar-refractivity contribution in [2.45, 2.75) is 43.0 Å². The van der Waals surface area contributed by atoms with E-state index in [4.69, 9.17) is 28.4 Å². The van der Waals surface area contributed by atoms with E-state index in [0.717, 1.165) is 5.56 Å². The average Bonchev–Trinajstić information content (AvgIpc) is 2.98. The Morgan fingerprint density at radius 1 is 0.780 bits per heavy atom. The van der Waals surface area contributed by atoms with E-state index < -0.39 is 55.1 Å². The Bertz CT molecular complexity index is 1180. The van der Waals surface area contributed by atoms with Gasteiger partial charge in [0.15, 0.2) is 29.3 Å². The molecule has 228 valence electrons. The normalized spacial score (nSPS) is 29.5. The maximum Gasteiger partial charge on any atom is 0.201 e. The molecule has 2 aromatic carbocycles. The van der Waals surface area contributed by atoms with Gasteiger partial charge in [0, 0.05) is 18.1 Å². The van der Waals surface area contributed by atoms with Crippen LogP contribution in [0.25, 0.3) is 0 Å². The van der Waals surface area contributed by atoms with E-state index in [-0.39, 0.29) is 47.7 Å². The Morgan fingerprint density at radius 3 is 1.93 bits per heavy atom. The van der Waals surface area contributed by atoms with E-state index in [1.165, 1.54) is 28.4 Å². The molecule has 1 aliphatic heterocycles. The van der Waals surface area contributed by atoms with Crippen LogP contribution in [0.4, 0.5) is 0 Å². The van der Waals surface area contributed by atoms with Crippen molar-refractivity contribution in [2.75, 3.05) is 48.3 Å². The molecule has 1 aliphatic carbocycles. The lowest BCUT2D eigenvalue weighted by atomic mass is 9.66.